The first-order chi connectivity index (χ1) is 10.8. The standard InChI is InChI=1S/C19H21FN2O/c1-5-6-7-8-9-19(3,4)15-11-13(20)10-14-12(2)16(18(21)23)22-17(14)15/h5-11,22H,1H2,2-4H3,(H2,21,23)/b7-6-,9-8+. The van der Waals surface area contributed by atoms with Gasteiger partial charge < -0.3 is 10.7 Å². The van der Waals surface area contributed by atoms with E-state index in [9.17, 15) is 9.18 Å². The highest BCUT2D eigenvalue weighted by Gasteiger charge is 2.24. The zero-order valence-electron chi connectivity index (χ0n) is 13.6. The monoisotopic (exact) mass is 312 g/mol. The van der Waals surface area contributed by atoms with Crippen LogP contribution in [0.5, 0.6) is 0 Å². The molecule has 1 heterocycles. The second-order valence-corrected chi connectivity index (χ2v) is 6.07. The van der Waals surface area contributed by atoms with Gasteiger partial charge in [0.25, 0.3) is 5.91 Å². The molecule has 1 amide bonds. The topological polar surface area (TPSA) is 58.9 Å². The fourth-order valence-corrected chi connectivity index (χ4v) is 2.67. The lowest BCUT2D eigenvalue weighted by atomic mass is 9.83. The first-order valence-electron chi connectivity index (χ1n) is 7.37. The summed E-state index contributed by atoms with van der Waals surface area (Å²) in [6.07, 6.45) is 9.23. The molecule has 120 valence electrons. The fraction of sp³-hybridized carbons (Fsp3) is 0.211. The summed E-state index contributed by atoms with van der Waals surface area (Å²) < 4.78 is 14.1. The maximum Gasteiger partial charge on any atom is 0.265 e. The van der Waals surface area contributed by atoms with E-state index in [-0.39, 0.29) is 5.82 Å². The third-order valence-electron chi connectivity index (χ3n) is 3.94. The van der Waals surface area contributed by atoms with Gasteiger partial charge in [0, 0.05) is 10.8 Å². The normalized spacial score (nSPS) is 12.5. The van der Waals surface area contributed by atoms with Crippen LogP contribution in [0.15, 0.2) is 49.1 Å². The Morgan fingerprint density at radius 3 is 2.61 bits per heavy atom. The molecule has 0 bridgehead atoms. The van der Waals surface area contributed by atoms with Crippen LogP contribution < -0.4 is 5.73 Å². The summed E-state index contributed by atoms with van der Waals surface area (Å²) in [5.41, 5.74) is 7.45. The minimum absolute atomic E-state index is 0.318. The van der Waals surface area contributed by atoms with Gasteiger partial charge in [0.1, 0.15) is 11.5 Å². The van der Waals surface area contributed by atoms with E-state index in [0.29, 0.717) is 16.6 Å². The van der Waals surface area contributed by atoms with Crippen LogP contribution in [0.2, 0.25) is 0 Å². The Hall–Kier alpha value is -2.62. The van der Waals surface area contributed by atoms with Crippen molar-refractivity contribution in [1.82, 2.24) is 4.98 Å². The van der Waals surface area contributed by atoms with Gasteiger partial charge in [-0.15, -0.1) is 0 Å². The number of hydrogen-bond acceptors (Lipinski definition) is 1. The van der Waals surface area contributed by atoms with Gasteiger partial charge in [0.05, 0.1) is 5.52 Å². The van der Waals surface area contributed by atoms with Crippen LogP contribution in [0.25, 0.3) is 10.9 Å². The number of carbonyl (C=O) groups excluding carboxylic acids is 1. The molecular formula is C19H21FN2O. The summed E-state index contributed by atoms with van der Waals surface area (Å²) in [6.45, 7) is 9.35. The SMILES string of the molecule is C=C/C=C\C=C\C(C)(C)c1cc(F)cc2c(C)c(C(N)=O)[nH]c12. The molecule has 0 atom stereocenters. The molecule has 2 rings (SSSR count). The third-order valence-corrected chi connectivity index (χ3v) is 3.94. The summed E-state index contributed by atoms with van der Waals surface area (Å²) in [5.74, 6) is -0.888. The van der Waals surface area contributed by atoms with Gasteiger partial charge in [-0.05, 0) is 30.2 Å². The molecule has 0 radical (unpaired) electrons. The van der Waals surface area contributed by atoms with Crippen molar-refractivity contribution in [2.45, 2.75) is 26.2 Å². The molecule has 3 nitrogen and oxygen atoms in total. The number of H-pyrrole nitrogens is 1. The third kappa shape index (κ3) is 3.26. The highest BCUT2D eigenvalue weighted by Crippen LogP contribution is 2.34. The second-order valence-electron chi connectivity index (χ2n) is 6.07. The number of benzene rings is 1. The average Bonchev–Trinajstić information content (AvgIpc) is 2.80. The van der Waals surface area contributed by atoms with E-state index < -0.39 is 11.3 Å². The highest BCUT2D eigenvalue weighted by molar-refractivity contribution is 6.01. The van der Waals surface area contributed by atoms with Crippen molar-refractivity contribution >= 4 is 16.8 Å². The number of amides is 1. The largest absolute Gasteiger partial charge is 0.364 e. The van der Waals surface area contributed by atoms with Gasteiger partial charge in [-0.1, -0.05) is 50.8 Å². The lowest BCUT2D eigenvalue weighted by Gasteiger charge is -2.22. The number of primary amides is 1. The Morgan fingerprint density at radius 1 is 1.30 bits per heavy atom. The maximum atomic E-state index is 14.1. The number of aromatic amines is 1. The van der Waals surface area contributed by atoms with Crippen LogP contribution in [0, 0.1) is 12.7 Å². The molecule has 0 aliphatic carbocycles. The number of halogens is 1. The van der Waals surface area contributed by atoms with E-state index in [1.807, 2.05) is 38.2 Å². The van der Waals surface area contributed by atoms with E-state index >= 15 is 0 Å². The Labute approximate surface area is 135 Å². The van der Waals surface area contributed by atoms with Crippen LogP contribution in [-0.4, -0.2) is 10.9 Å². The van der Waals surface area contributed by atoms with Crippen molar-refractivity contribution in [3.8, 4) is 0 Å². The van der Waals surface area contributed by atoms with E-state index in [0.717, 1.165) is 11.1 Å². The number of nitrogens with two attached hydrogens (primary N) is 1. The van der Waals surface area contributed by atoms with Crippen LogP contribution >= 0.6 is 0 Å². The molecule has 4 heteroatoms. The van der Waals surface area contributed by atoms with Gasteiger partial charge in [0.2, 0.25) is 0 Å². The molecule has 3 N–H and O–H groups in total. The number of carbonyl (C=O) groups is 1. The van der Waals surface area contributed by atoms with Gasteiger partial charge in [0.15, 0.2) is 0 Å². The first kappa shape index (κ1) is 16.7. The van der Waals surface area contributed by atoms with Crippen molar-refractivity contribution < 1.29 is 9.18 Å². The number of nitrogens with one attached hydrogen (secondary N) is 1. The molecule has 0 spiro atoms. The van der Waals surface area contributed by atoms with E-state index in [2.05, 4.69) is 11.6 Å². The number of fused-ring (bicyclic) bond motifs is 1. The summed E-state index contributed by atoms with van der Waals surface area (Å²) in [6, 6.07) is 2.92. The molecule has 1 aromatic carbocycles. The van der Waals surface area contributed by atoms with Gasteiger partial charge in [-0.3, -0.25) is 4.79 Å². The Bertz CT molecular complexity index is 825. The molecule has 0 saturated heterocycles. The maximum absolute atomic E-state index is 14.1. The summed E-state index contributed by atoms with van der Waals surface area (Å²) in [7, 11) is 0. The Morgan fingerprint density at radius 2 is 2.00 bits per heavy atom. The molecule has 0 saturated carbocycles. The summed E-state index contributed by atoms with van der Waals surface area (Å²) in [5, 5.41) is 0.678. The van der Waals surface area contributed by atoms with Crippen LogP contribution in [-0.2, 0) is 5.41 Å². The summed E-state index contributed by atoms with van der Waals surface area (Å²) in [4.78, 5) is 14.6. The molecule has 1 aromatic heterocycles. The Balaban J connectivity index is 2.66. The predicted octanol–water partition coefficient (Wildman–Crippen LogP) is 4.29. The number of rotatable bonds is 5. The molecule has 0 aliphatic rings. The van der Waals surface area contributed by atoms with Crippen molar-refractivity contribution in [3.63, 3.8) is 0 Å². The number of aryl methyl sites for hydroxylation is 1. The predicted molar refractivity (Wildman–Crippen MR) is 93.0 cm³/mol. The van der Waals surface area contributed by atoms with Crippen LogP contribution in [0.3, 0.4) is 0 Å². The average molecular weight is 312 g/mol. The van der Waals surface area contributed by atoms with Crippen molar-refractivity contribution in [2.24, 2.45) is 5.73 Å². The minimum Gasteiger partial charge on any atom is -0.364 e. The summed E-state index contributed by atoms with van der Waals surface area (Å²) >= 11 is 0. The first-order valence-corrected chi connectivity index (χ1v) is 7.37. The molecule has 0 unspecified atom stereocenters. The number of aromatic nitrogens is 1. The molecule has 0 aliphatic heterocycles. The molecule has 2 aromatic rings. The smallest absolute Gasteiger partial charge is 0.265 e. The van der Waals surface area contributed by atoms with E-state index in [1.54, 1.807) is 13.0 Å². The molecule has 23 heavy (non-hydrogen) atoms. The lowest BCUT2D eigenvalue weighted by Crippen LogP contribution is -2.15. The quantitative estimate of drug-likeness (QED) is 0.795. The minimum atomic E-state index is -0.549. The fourth-order valence-electron chi connectivity index (χ4n) is 2.67. The Kier molecular flexibility index (Phi) is 4.55. The second kappa shape index (κ2) is 6.24. The molecule has 0 fully saturated rings. The van der Waals surface area contributed by atoms with Crippen molar-refractivity contribution in [2.75, 3.05) is 0 Å². The zero-order chi connectivity index (χ0) is 17.2. The zero-order valence-corrected chi connectivity index (χ0v) is 13.6. The lowest BCUT2D eigenvalue weighted by molar-refractivity contribution is 0.0996. The number of hydrogen-bond donors (Lipinski definition) is 2. The van der Waals surface area contributed by atoms with E-state index in [1.165, 1.54) is 12.1 Å². The molecular weight excluding hydrogens is 291 g/mol. The number of allylic oxidation sites excluding steroid dienone is 5. The van der Waals surface area contributed by atoms with E-state index in [4.69, 9.17) is 5.73 Å². The van der Waals surface area contributed by atoms with Gasteiger partial charge in [-0.2, -0.15) is 0 Å². The highest BCUT2D eigenvalue weighted by atomic mass is 19.1. The van der Waals surface area contributed by atoms with Crippen molar-refractivity contribution in [3.05, 3.63) is 71.7 Å². The van der Waals surface area contributed by atoms with Crippen LogP contribution in [0.1, 0.15) is 35.5 Å². The van der Waals surface area contributed by atoms with Crippen molar-refractivity contribution in [1.29, 1.82) is 0 Å². The van der Waals surface area contributed by atoms with Gasteiger partial charge in [-0.25, -0.2) is 4.39 Å². The van der Waals surface area contributed by atoms with Crippen LogP contribution in [0.4, 0.5) is 4.39 Å². The van der Waals surface area contributed by atoms with Gasteiger partial charge >= 0.3 is 0 Å².